The summed E-state index contributed by atoms with van der Waals surface area (Å²) in [5, 5.41) is 0.565. The van der Waals surface area contributed by atoms with Crippen molar-refractivity contribution in [1.82, 2.24) is 19.4 Å². The summed E-state index contributed by atoms with van der Waals surface area (Å²) < 4.78 is 2.47. The molecular weight excluding hydrogens is 280 g/mol. The van der Waals surface area contributed by atoms with E-state index in [4.69, 9.17) is 4.98 Å². The van der Waals surface area contributed by atoms with Crippen LogP contribution < -0.4 is 0 Å². The van der Waals surface area contributed by atoms with Gasteiger partial charge in [0, 0.05) is 19.3 Å². The summed E-state index contributed by atoms with van der Waals surface area (Å²) in [5.74, 6) is 2.54. The summed E-state index contributed by atoms with van der Waals surface area (Å²) in [6.45, 7) is 5.73. The van der Waals surface area contributed by atoms with Crippen LogP contribution in [0.1, 0.15) is 43.3 Å². The van der Waals surface area contributed by atoms with Gasteiger partial charge in [-0.3, -0.25) is 0 Å². The standard InChI is InChI=1S/C16H22N4S/c1-2-19-9-7-12(11-19)20-15-13(5-3-8-17-15)18-16(20)14-6-4-10-21-14/h3,5,8,12,14H,2,4,6-7,9-11H2,1H3. The number of rotatable bonds is 3. The maximum atomic E-state index is 4.95. The highest BCUT2D eigenvalue weighted by Gasteiger charge is 2.31. The SMILES string of the molecule is CCN1CCC(n2c(C3CCCS3)nc3cccnc32)C1. The molecule has 0 bridgehead atoms. The summed E-state index contributed by atoms with van der Waals surface area (Å²) in [7, 11) is 0. The van der Waals surface area contributed by atoms with Crippen LogP contribution in [0.25, 0.3) is 11.2 Å². The highest BCUT2D eigenvalue weighted by atomic mass is 32.2. The molecule has 21 heavy (non-hydrogen) atoms. The number of fused-ring (bicyclic) bond motifs is 1. The summed E-state index contributed by atoms with van der Waals surface area (Å²) in [4.78, 5) is 12.1. The molecule has 0 aliphatic carbocycles. The van der Waals surface area contributed by atoms with E-state index in [1.54, 1.807) is 0 Å². The average molecular weight is 302 g/mol. The lowest BCUT2D eigenvalue weighted by Gasteiger charge is -2.19. The molecule has 0 aromatic carbocycles. The van der Waals surface area contributed by atoms with Crippen LogP contribution in [0.5, 0.6) is 0 Å². The van der Waals surface area contributed by atoms with Gasteiger partial charge in [0.15, 0.2) is 5.65 Å². The first-order chi connectivity index (χ1) is 10.4. The van der Waals surface area contributed by atoms with Crippen LogP contribution in [0.2, 0.25) is 0 Å². The summed E-state index contributed by atoms with van der Waals surface area (Å²) in [6, 6.07) is 4.65. The van der Waals surface area contributed by atoms with Gasteiger partial charge in [0.05, 0.1) is 11.3 Å². The molecule has 2 unspecified atom stereocenters. The Bertz CT molecular complexity index is 632. The molecule has 0 saturated carbocycles. The lowest BCUT2D eigenvalue weighted by Crippen LogP contribution is -2.22. The number of nitrogens with zero attached hydrogens (tertiary/aromatic N) is 4. The zero-order valence-electron chi connectivity index (χ0n) is 12.5. The van der Waals surface area contributed by atoms with E-state index in [2.05, 4.69) is 39.2 Å². The molecule has 2 aliphatic rings. The first-order valence-electron chi connectivity index (χ1n) is 8.03. The lowest BCUT2D eigenvalue weighted by molar-refractivity contribution is 0.341. The Morgan fingerprint density at radius 2 is 2.33 bits per heavy atom. The zero-order valence-corrected chi connectivity index (χ0v) is 13.4. The van der Waals surface area contributed by atoms with Crippen LogP contribution in [0.15, 0.2) is 18.3 Å². The van der Waals surface area contributed by atoms with Crippen LogP contribution >= 0.6 is 11.8 Å². The predicted molar refractivity (Wildman–Crippen MR) is 87.7 cm³/mol. The van der Waals surface area contributed by atoms with Crippen molar-refractivity contribution in [2.24, 2.45) is 0 Å². The first-order valence-corrected chi connectivity index (χ1v) is 9.08. The molecule has 0 radical (unpaired) electrons. The second-order valence-corrected chi connectivity index (χ2v) is 7.33. The number of pyridine rings is 1. The van der Waals surface area contributed by atoms with E-state index in [1.807, 2.05) is 12.3 Å². The molecule has 2 fully saturated rings. The quantitative estimate of drug-likeness (QED) is 0.871. The maximum Gasteiger partial charge on any atom is 0.160 e. The minimum atomic E-state index is 0.543. The third kappa shape index (κ3) is 2.36. The van der Waals surface area contributed by atoms with Gasteiger partial charge in [0.1, 0.15) is 11.3 Å². The highest BCUT2D eigenvalue weighted by molar-refractivity contribution is 7.99. The third-order valence-corrected chi connectivity index (χ3v) is 6.13. The highest BCUT2D eigenvalue weighted by Crippen LogP contribution is 2.42. The van der Waals surface area contributed by atoms with Crippen molar-refractivity contribution in [2.45, 2.75) is 37.5 Å². The number of hydrogen-bond acceptors (Lipinski definition) is 4. The molecule has 0 spiro atoms. The Kier molecular flexibility index (Phi) is 3.63. The van der Waals surface area contributed by atoms with Gasteiger partial charge in [-0.25, -0.2) is 9.97 Å². The van der Waals surface area contributed by atoms with E-state index in [1.165, 1.54) is 37.4 Å². The monoisotopic (exact) mass is 302 g/mol. The normalized spacial score (nSPS) is 26.9. The smallest absolute Gasteiger partial charge is 0.160 e. The molecule has 0 amide bonds. The van der Waals surface area contributed by atoms with Crippen molar-refractivity contribution in [2.75, 3.05) is 25.4 Å². The summed E-state index contributed by atoms with van der Waals surface area (Å²) in [5.41, 5.74) is 2.15. The van der Waals surface area contributed by atoms with Gasteiger partial charge in [-0.15, -0.1) is 0 Å². The summed E-state index contributed by atoms with van der Waals surface area (Å²) >= 11 is 2.07. The fourth-order valence-electron chi connectivity index (χ4n) is 3.63. The molecule has 0 N–H and O–H groups in total. The van der Waals surface area contributed by atoms with Crippen LogP contribution in [0, 0.1) is 0 Å². The number of likely N-dealkylation sites (tertiary alicyclic amines) is 1. The van der Waals surface area contributed by atoms with Crippen molar-refractivity contribution in [3.05, 3.63) is 24.2 Å². The van der Waals surface area contributed by atoms with Crippen LogP contribution in [0.3, 0.4) is 0 Å². The van der Waals surface area contributed by atoms with Gasteiger partial charge >= 0.3 is 0 Å². The van der Waals surface area contributed by atoms with E-state index >= 15 is 0 Å². The molecule has 112 valence electrons. The van der Waals surface area contributed by atoms with E-state index < -0.39 is 0 Å². The number of hydrogen-bond donors (Lipinski definition) is 0. The maximum absolute atomic E-state index is 4.95. The first kappa shape index (κ1) is 13.6. The Morgan fingerprint density at radius 3 is 3.10 bits per heavy atom. The van der Waals surface area contributed by atoms with Gasteiger partial charge in [0.25, 0.3) is 0 Å². The number of likely N-dealkylation sites (N-methyl/N-ethyl adjacent to an activating group) is 1. The molecule has 5 heteroatoms. The van der Waals surface area contributed by atoms with Crippen LogP contribution in [-0.2, 0) is 0 Å². The van der Waals surface area contributed by atoms with Crippen molar-refractivity contribution in [1.29, 1.82) is 0 Å². The molecule has 4 heterocycles. The van der Waals surface area contributed by atoms with E-state index in [-0.39, 0.29) is 0 Å². The zero-order chi connectivity index (χ0) is 14.2. The second-order valence-electron chi connectivity index (χ2n) is 6.02. The van der Waals surface area contributed by atoms with Crippen molar-refractivity contribution >= 4 is 22.9 Å². The van der Waals surface area contributed by atoms with Crippen LogP contribution in [-0.4, -0.2) is 44.8 Å². The Morgan fingerprint density at radius 1 is 1.38 bits per heavy atom. The average Bonchev–Trinajstić information content (AvgIpc) is 3.24. The van der Waals surface area contributed by atoms with E-state index in [9.17, 15) is 0 Å². The minimum Gasteiger partial charge on any atom is -0.307 e. The van der Waals surface area contributed by atoms with Crippen molar-refractivity contribution in [3.8, 4) is 0 Å². The minimum absolute atomic E-state index is 0.543. The van der Waals surface area contributed by atoms with Gasteiger partial charge in [-0.2, -0.15) is 11.8 Å². The second kappa shape index (κ2) is 5.61. The number of imidazole rings is 1. The van der Waals surface area contributed by atoms with Crippen LogP contribution in [0.4, 0.5) is 0 Å². The predicted octanol–water partition coefficient (Wildman–Crippen LogP) is 3.27. The van der Waals surface area contributed by atoms with Crippen molar-refractivity contribution < 1.29 is 0 Å². The fourth-order valence-corrected chi connectivity index (χ4v) is 4.89. The summed E-state index contributed by atoms with van der Waals surface area (Å²) in [6.07, 6.45) is 5.70. The lowest BCUT2D eigenvalue weighted by atomic mass is 10.2. The van der Waals surface area contributed by atoms with Gasteiger partial charge < -0.3 is 9.47 Å². The molecule has 2 saturated heterocycles. The van der Waals surface area contributed by atoms with Gasteiger partial charge in [-0.1, -0.05) is 6.92 Å². The Balaban J connectivity index is 1.79. The Labute approximate surface area is 129 Å². The fraction of sp³-hybridized carbons (Fsp3) is 0.625. The van der Waals surface area contributed by atoms with E-state index in [0.717, 1.165) is 24.3 Å². The Hall–Kier alpha value is -1.07. The third-order valence-electron chi connectivity index (χ3n) is 4.75. The van der Waals surface area contributed by atoms with Gasteiger partial charge in [0.2, 0.25) is 0 Å². The largest absolute Gasteiger partial charge is 0.307 e. The number of thioether (sulfide) groups is 1. The van der Waals surface area contributed by atoms with Crippen molar-refractivity contribution in [3.63, 3.8) is 0 Å². The van der Waals surface area contributed by atoms with Gasteiger partial charge in [-0.05, 0) is 43.7 Å². The topological polar surface area (TPSA) is 34.0 Å². The number of aromatic nitrogens is 3. The molecule has 2 aliphatic heterocycles. The molecule has 4 nitrogen and oxygen atoms in total. The molecule has 2 aromatic rings. The molecule has 2 atom stereocenters. The molecular formula is C16H22N4S. The van der Waals surface area contributed by atoms with E-state index in [0.29, 0.717) is 11.3 Å². The molecule has 2 aromatic heterocycles. The molecule has 4 rings (SSSR count).